The van der Waals surface area contributed by atoms with Gasteiger partial charge in [-0.15, -0.1) is 0 Å². The third-order valence-corrected chi connectivity index (χ3v) is 2.78. The van der Waals surface area contributed by atoms with E-state index in [-0.39, 0.29) is 5.82 Å². The van der Waals surface area contributed by atoms with Gasteiger partial charge in [0.1, 0.15) is 17.3 Å². The Labute approximate surface area is 112 Å². The van der Waals surface area contributed by atoms with Gasteiger partial charge in [-0.2, -0.15) is 0 Å². The zero-order valence-electron chi connectivity index (χ0n) is 10.9. The van der Waals surface area contributed by atoms with Crippen LogP contribution in [0.1, 0.15) is 5.56 Å². The Bertz CT molecular complexity index is 558. The average Bonchev–Trinajstić information content (AvgIpc) is 2.45. The van der Waals surface area contributed by atoms with Crippen molar-refractivity contribution < 1.29 is 13.9 Å². The van der Waals surface area contributed by atoms with Gasteiger partial charge in [-0.25, -0.2) is 4.39 Å². The van der Waals surface area contributed by atoms with Crippen LogP contribution in [0, 0.1) is 5.82 Å². The SMILES string of the molecule is COc1ccc(NCc2cccc(F)c2)c(OC)c1. The Balaban J connectivity index is 2.11. The second kappa shape index (κ2) is 6.09. The molecule has 0 spiro atoms. The molecule has 4 heteroatoms. The molecule has 0 aliphatic rings. The fraction of sp³-hybridized carbons (Fsp3) is 0.200. The Morgan fingerprint density at radius 2 is 1.89 bits per heavy atom. The average molecular weight is 261 g/mol. The summed E-state index contributed by atoms with van der Waals surface area (Å²) in [5, 5.41) is 3.21. The first-order valence-corrected chi connectivity index (χ1v) is 5.93. The molecule has 0 saturated carbocycles. The van der Waals surface area contributed by atoms with Gasteiger partial charge < -0.3 is 14.8 Å². The molecule has 0 heterocycles. The van der Waals surface area contributed by atoms with E-state index in [1.54, 1.807) is 26.4 Å². The lowest BCUT2D eigenvalue weighted by molar-refractivity contribution is 0.395. The van der Waals surface area contributed by atoms with Crippen LogP contribution in [0.25, 0.3) is 0 Å². The molecule has 3 nitrogen and oxygen atoms in total. The topological polar surface area (TPSA) is 30.5 Å². The van der Waals surface area contributed by atoms with Crippen molar-refractivity contribution in [3.8, 4) is 11.5 Å². The standard InChI is InChI=1S/C15H16FNO2/c1-18-13-6-7-14(15(9-13)19-2)17-10-11-4-3-5-12(16)8-11/h3-9,17H,10H2,1-2H3. The maximum absolute atomic E-state index is 13.1. The number of anilines is 1. The molecule has 0 bridgehead atoms. The molecule has 0 radical (unpaired) electrons. The van der Waals surface area contributed by atoms with Crippen LogP contribution in [-0.2, 0) is 6.54 Å². The van der Waals surface area contributed by atoms with Crippen molar-refractivity contribution in [2.75, 3.05) is 19.5 Å². The van der Waals surface area contributed by atoms with Gasteiger partial charge in [0.25, 0.3) is 0 Å². The highest BCUT2D eigenvalue weighted by molar-refractivity contribution is 5.59. The molecule has 0 unspecified atom stereocenters. The zero-order valence-corrected chi connectivity index (χ0v) is 10.9. The number of methoxy groups -OCH3 is 2. The number of hydrogen-bond donors (Lipinski definition) is 1. The van der Waals surface area contributed by atoms with Gasteiger partial charge >= 0.3 is 0 Å². The maximum atomic E-state index is 13.1. The molecule has 0 aliphatic heterocycles. The molecule has 0 saturated heterocycles. The van der Waals surface area contributed by atoms with Crippen LogP contribution in [0.2, 0.25) is 0 Å². The first-order valence-electron chi connectivity index (χ1n) is 5.93. The highest BCUT2D eigenvalue weighted by Crippen LogP contribution is 2.29. The van der Waals surface area contributed by atoms with Crippen molar-refractivity contribution in [1.29, 1.82) is 0 Å². The third-order valence-electron chi connectivity index (χ3n) is 2.78. The highest BCUT2D eigenvalue weighted by atomic mass is 19.1. The smallest absolute Gasteiger partial charge is 0.145 e. The number of hydrogen-bond acceptors (Lipinski definition) is 3. The maximum Gasteiger partial charge on any atom is 0.145 e. The molecule has 0 atom stereocenters. The summed E-state index contributed by atoms with van der Waals surface area (Å²) in [7, 11) is 3.21. The predicted molar refractivity (Wildman–Crippen MR) is 73.3 cm³/mol. The largest absolute Gasteiger partial charge is 0.497 e. The monoisotopic (exact) mass is 261 g/mol. The number of benzene rings is 2. The summed E-state index contributed by atoms with van der Waals surface area (Å²) in [6, 6.07) is 12.0. The molecule has 19 heavy (non-hydrogen) atoms. The molecule has 0 fully saturated rings. The van der Waals surface area contributed by atoms with E-state index in [9.17, 15) is 4.39 Å². The van der Waals surface area contributed by atoms with Gasteiger partial charge in [0.05, 0.1) is 19.9 Å². The summed E-state index contributed by atoms with van der Waals surface area (Å²) in [5.74, 6) is 1.19. The van der Waals surface area contributed by atoms with E-state index in [0.717, 1.165) is 17.0 Å². The van der Waals surface area contributed by atoms with Gasteiger partial charge in [0, 0.05) is 12.6 Å². The molecule has 0 amide bonds. The van der Waals surface area contributed by atoms with Gasteiger partial charge in [-0.05, 0) is 29.8 Å². The second-order valence-corrected chi connectivity index (χ2v) is 4.05. The number of rotatable bonds is 5. The summed E-state index contributed by atoms with van der Waals surface area (Å²) in [4.78, 5) is 0. The first kappa shape index (κ1) is 13.2. The second-order valence-electron chi connectivity index (χ2n) is 4.05. The van der Waals surface area contributed by atoms with Gasteiger partial charge in [-0.3, -0.25) is 0 Å². The van der Waals surface area contributed by atoms with E-state index in [0.29, 0.717) is 12.3 Å². The summed E-state index contributed by atoms with van der Waals surface area (Å²) < 4.78 is 23.5. The van der Waals surface area contributed by atoms with Crippen LogP contribution >= 0.6 is 0 Å². The van der Waals surface area contributed by atoms with Crippen LogP contribution in [0.5, 0.6) is 11.5 Å². The van der Waals surface area contributed by atoms with Crippen LogP contribution in [0.4, 0.5) is 10.1 Å². The van der Waals surface area contributed by atoms with Crippen molar-refractivity contribution in [3.05, 3.63) is 53.8 Å². The fourth-order valence-corrected chi connectivity index (χ4v) is 1.79. The van der Waals surface area contributed by atoms with E-state index >= 15 is 0 Å². The lowest BCUT2D eigenvalue weighted by Gasteiger charge is -2.12. The molecular formula is C15H16FNO2. The Morgan fingerprint density at radius 1 is 1.05 bits per heavy atom. The van der Waals surface area contributed by atoms with Crippen molar-refractivity contribution in [2.24, 2.45) is 0 Å². The molecule has 2 aromatic carbocycles. The van der Waals surface area contributed by atoms with E-state index in [1.165, 1.54) is 12.1 Å². The molecule has 2 aromatic rings. The minimum atomic E-state index is -0.235. The minimum absolute atomic E-state index is 0.235. The van der Waals surface area contributed by atoms with E-state index in [2.05, 4.69) is 5.32 Å². The summed E-state index contributed by atoms with van der Waals surface area (Å²) in [6.07, 6.45) is 0. The Hall–Kier alpha value is -2.23. The number of nitrogens with one attached hydrogen (secondary N) is 1. The van der Waals surface area contributed by atoms with Crippen LogP contribution in [0.15, 0.2) is 42.5 Å². The molecular weight excluding hydrogens is 245 g/mol. The first-order chi connectivity index (χ1) is 9.22. The quantitative estimate of drug-likeness (QED) is 0.894. The van der Waals surface area contributed by atoms with Crippen molar-refractivity contribution in [2.45, 2.75) is 6.54 Å². The summed E-state index contributed by atoms with van der Waals surface area (Å²) in [6.45, 7) is 0.528. The Kier molecular flexibility index (Phi) is 4.23. The molecule has 1 N–H and O–H groups in total. The molecule has 0 aromatic heterocycles. The van der Waals surface area contributed by atoms with Gasteiger partial charge in [0.15, 0.2) is 0 Å². The molecule has 100 valence electrons. The van der Waals surface area contributed by atoms with E-state index < -0.39 is 0 Å². The molecule has 2 rings (SSSR count). The lowest BCUT2D eigenvalue weighted by atomic mass is 10.2. The number of halogens is 1. The highest BCUT2D eigenvalue weighted by Gasteiger charge is 2.04. The predicted octanol–water partition coefficient (Wildman–Crippen LogP) is 3.46. The summed E-state index contributed by atoms with van der Waals surface area (Å²) >= 11 is 0. The van der Waals surface area contributed by atoms with Crippen LogP contribution in [0.3, 0.4) is 0 Å². The zero-order chi connectivity index (χ0) is 13.7. The fourth-order valence-electron chi connectivity index (χ4n) is 1.79. The van der Waals surface area contributed by atoms with Gasteiger partial charge in [-0.1, -0.05) is 12.1 Å². The normalized spacial score (nSPS) is 10.1. The van der Waals surface area contributed by atoms with Crippen molar-refractivity contribution in [3.63, 3.8) is 0 Å². The third kappa shape index (κ3) is 3.37. The minimum Gasteiger partial charge on any atom is -0.497 e. The van der Waals surface area contributed by atoms with E-state index in [4.69, 9.17) is 9.47 Å². The molecule has 0 aliphatic carbocycles. The number of ether oxygens (including phenoxy) is 2. The lowest BCUT2D eigenvalue weighted by Crippen LogP contribution is -2.01. The van der Waals surface area contributed by atoms with E-state index in [1.807, 2.05) is 18.2 Å². The van der Waals surface area contributed by atoms with Crippen LogP contribution < -0.4 is 14.8 Å². The van der Waals surface area contributed by atoms with Crippen LogP contribution in [-0.4, -0.2) is 14.2 Å². The van der Waals surface area contributed by atoms with Gasteiger partial charge in [0.2, 0.25) is 0 Å². The summed E-state index contributed by atoms with van der Waals surface area (Å²) in [5.41, 5.74) is 1.71. The van der Waals surface area contributed by atoms with Crippen molar-refractivity contribution in [1.82, 2.24) is 0 Å². The Morgan fingerprint density at radius 3 is 2.58 bits per heavy atom. The van der Waals surface area contributed by atoms with Crippen molar-refractivity contribution >= 4 is 5.69 Å².